The third-order valence-electron chi connectivity index (χ3n) is 5.31. The molecule has 1 saturated carbocycles. The lowest BCUT2D eigenvalue weighted by Gasteiger charge is -2.41. The molecule has 1 aliphatic heterocycles. The lowest BCUT2D eigenvalue weighted by Crippen LogP contribution is -2.46. The van der Waals surface area contributed by atoms with Crippen LogP contribution in [0.2, 0.25) is 0 Å². The van der Waals surface area contributed by atoms with Gasteiger partial charge in [-0.25, -0.2) is 0 Å². The monoisotopic (exact) mass is 307 g/mol. The summed E-state index contributed by atoms with van der Waals surface area (Å²) in [6.07, 6.45) is 10.2. The molecule has 1 spiro atoms. The fourth-order valence-corrected chi connectivity index (χ4v) is 4.86. The first-order chi connectivity index (χ1) is 10.3. The second-order valence-electron chi connectivity index (χ2n) is 6.89. The maximum atomic E-state index is 6.22. The van der Waals surface area contributed by atoms with Gasteiger partial charge in [-0.05, 0) is 73.4 Å². The molecule has 2 fully saturated rings. The summed E-state index contributed by atoms with van der Waals surface area (Å²) >= 11 is 1.82. The topological polar surface area (TPSA) is 21.3 Å². The molecule has 118 valence electrons. The Morgan fingerprint density at radius 3 is 3.00 bits per heavy atom. The van der Waals surface area contributed by atoms with Gasteiger partial charge >= 0.3 is 0 Å². The van der Waals surface area contributed by atoms with Crippen LogP contribution in [0, 0.1) is 5.92 Å². The third kappa shape index (κ3) is 3.88. The first kappa shape index (κ1) is 15.5. The van der Waals surface area contributed by atoms with Crippen LogP contribution in [0.3, 0.4) is 0 Å². The van der Waals surface area contributed by atoms with E-state index in [4.69, 9.17) is 4.74 Å². The summed E-state index contributed by atoms with van der Waals surface area (Å²) in [6, 6.07) is 2.91. The van der Waals surface area contributed by atoms with Gasteiger partial charge in [0.2, 0.25) is 0 Å². The molecule has 1 aliphatic carbocycles. The van der Waals surface area contributed by atoms with Crippen LogP contribution in [0.25, 0.3) is 0 Å². The van der Waals surface area contributed by atoms with E-state index in [1.54, 1.807) is 0 Å². The van der Waals surface area contributed by atoms with E-state index in [2.05, 4.69) is 29.1 Å². The summed E-state index contributed by atoms with van der Waals surface area (Å²) in [4.78, 5) is 0. The van der Waals surface area contributed by atoms with Crippen molar-refractivity contribution in [2.24, 2.45) is 5.92 Å². The van der Waals surface area contributed by atoms with Crippen molar-refractivity contribution in [1.29, 1.82) is 0 Å². The number of nitrogens with one attached hydrogen (secondary N) is 1. The predicted molar refractivity (Wildman–Crippen MR) is 90.0 cm³/mol. The van der Waals surface area contributed by atoms with E-state index in [1.165, 1.54) is 56.9 Å². The van der Waals surface area contributed by atoms with Crippen molar-refractivity contribution in [2.45, 2.75) is 69.9 Å². The van der Waals surface area contributed by atoms with E-state index in [9.17, 15) is 0 Å². The van der Waals surface area contributed by atoms with Crippen LogP contribution in [-0.2, 0) is 11.2 Å². The highest BCUT2D eigenvalue weighted by atomic mass is 32.1. The Balaban J connectivity index is 1.66. The zero-order valence-corrected chi connectivity index (χ0v) is 14.1. The fourth-order valence-electron chi connectivity index (χ4n) is 4.17. The zero-order chi connectivity index (χ0) is 14.5. The summed E-state index contributed by atoms with van der Waals surface area (Å²) < 4.78 is 6.22. The van der Waals surface area contributed by atoms with Crippen molar-refractivity contribution in [2.75, 3.05) is 13.2 Å². The van der Waals surface area contributed by atoms with E-state index in [0.717, 1.165) is 19.1 Å². The normalized spacial score (nSPS) is 26.2. The van der Waals surface area contributed by atoms with Gasteiger partial charge in [-0.2, -0.15) is 11.3 Å². The van der Waals surface area contributed by atoms with Crippen LogP contribution >= 0.6 is 11.3 Å². The summed E-state index contributed by atoms with van der Waals surface area (Å²) in [6.45, 7) is 4.37. The van der Waals surface area contributed by atoms with Crippen LogP contribution in [0.4, 0.5) is 0 Å². The van der Waals surface area contributed by atoms with Crippen molar-refractivity contribution in [3.8, 4) is 0 Å². The highest BCUT2D eigenvalue weighted by Gasteiger charge is 2.41. The number of hydrogen-bond donors (Lipinski definition) is 1. The van der Waals surface area contributed by atoms with E-state index < -0.39 is 0 Å². The molecule has 3 heteroatoms. The van der Waals surface area contributed by atoms with Gasteiger partial charge in [0.05, 0.1) is 5.60 Å². The van der Waals surface area contributed by atoms with Gasteiger partial charge < -0.3 is 10.1 Å². The Morgan fingerprint density at radius 2 is 2.29 bits per heavy atom. The third-order valence-corrected chi connectivity index (χ3v) is 6.04. The molecule has 0 amide bonds. The Morgan fingerprint density at radius 1 is 1.43 bits per heavy atom. The van der Waals surface area contributed by atoms with E-state index >= 15 is 0 Å². The standard InChI is InChI=1S/C18H29NOS/c1-2-9-19-17(12-15-6-11-21-14-15)16-5-10-20-18(13-16)7-3-4-8-18/h6,11,14,16-17,19H,2-5,7-10,12-13H2,1H3. The smallest absolute Gasteiger partial charge is 0.0685 e. The molecule has 0 bridgehead atoms. The van der Waals surface area contributed by atoms with Gasteiger partial charge in [-0.1, -0.05) is 19.8 Å². The van der Waals surface area contributed by atoms with E-state index in [1.807, 2.05) is 11.3 Å². The average Bonchev–Trinajstić information content (AvgIpc) is 3.16. The van der Waals surface area contributed by atoms with E-state index in [0.29, 0.717) is 6.04 Å². The maximum absolute atomic E-state index is 6.22. The van der Waals surface area contributed by atoms with Crippen molar-refractivity contribution in [1.82, 2.24) is 5.32 Å². The minimum Gasteiger partial charge on any atom is -0.375 e. The molecule has 1 saturated heterocycles. The minimum absolute atomic E-state index is 0.240. The maximum Gasteiger partial charge on any atom is 0.0685 e. The highest BCUT2D eigenvalue weighted by molar-refractivity contribution is 7.07. The van der Waals surface area contributed by atoms with Crippen LogP contribution in [-0.4, -0.2) is 24.8 Å². The lowest BCUT2D eigenvalue weighted by molar-refractivity contribution is -0.0978. The van der Waals surface area contributed by atoms with Gasteiger partial charge in [0, 0.05) is 12.6 Å². The zero-order valence-electron chi connectivity index (χ0n) is 13.3. The molecule has 0 radical (unpaired) electrons. The first-order valence-corrected chi connectivity index (χ1v) is 9.64. The number of thiophene rings is 1. The largest absolute Gasteiger partial charge is 0.375 e. The second-order valence-corrected chi connectivity index (χ2v) is 7.67. The summed E-state index contributed by atoms with van der Waals surface area (Å²) in [7, 11) is 0. The highest BCUT2D eigenvalue weighted by Crippen LogP contribution is 2.43. The van der Waals surface area contributed by atoms with Crippen LogP contribution in [0.1, 0.15) is 57.4 Å². The minimum atomic E-state index is 0.240. The Kier molecular flexibility index (Phi) is 5.36. The van der Waals surface area contributed by atoms with Crippen LogP contribution < -0.4 is 5.32 Å². The fraction of sp³-hybridized carbons (Fsp3) is 0.778. The molecule has 2 nitrogen and oxygen atoms in total. The number of rotatable bonds is 6. The van der Waals surface area contributed by atoms with Crippen molar-refractivity contribution in [3.05, 3.63) is 22.4 Å². The van der Waals surface area contributed by atoms with Gasteiger partial charge in [0.25, 0.3) is 0 Å². The summed E-state index contributed by atoms with van der Waals surface area (Å²) in [5.74, 6) is 0.781. The molecular weight excluding hydrogens is 278 g/mol. The summed E-state index contributed by atoms with van der Waals surface area (Å²) in [5, 5.41) is 8.35. The van der Waals surface area contributed by atoms with Gasteiger partial charge in [-0.15, -0.1) is 0 Å². The van der Waals surface area contributed by atoms with Crippen LogP contribution in [0.15, 0.2) is 16.8 Å². The van der Waals surface area contributed by atoms with Crippen molar-refractivity contribution < 1.29 is 4.74 Å². The molecular formula is C18H29NOS. The van der Waals surface area contributed by atoms with Gasteiger partial charge in [0.1, 0.15) is 0 Å². The molecule has 1 N–H and O–H groups in total. The van der Waals surface area contributed by atoms with Crippen LogP contribution in [0.5, 0.6) is 0 Å². The molecule has 1 aromatic rings. The molecule has 3 rings (SSSR count). The second kappa shape index (κ2) is 7.26. The van der Waals surface area contributed by atoms with E-state index in [-0.39, 0.29) is 5.60 Å². The average molecular weight is 308 g/mol. The summed E-state index contributed by atoms with van der Waals surface area (Å²) in [5.41, 5.74) is 1.74. The molecule has 1 aromatic heterocycles. The molecule has 2 unspecified atom stereocenters. The molecule has 2 atom stereocenters. The van der Waals surface area contributed by atoms with Gasteiger partial charge in [0.15, 0.2) is 0 Å². The van der Waals surface area contributed by atoms with Crippen molar-refractivity contribution >= 4 is 11.3 Å². The van der Waals surface area contributed by atoms with Crippen molar-refractivity contribution in [3.63, 3.8) is 0 Å². The molecule has 0 aromatic carbocycles. The van der Waals surface area contributed by atoms with Gasteiger partial charge in [-0.3, -0.25) is 0 Å². The molecule has 2 aliphatic rings. The molecule has 2 heterocycles. The number of hydrogen-bond acceptors (Lipinski definition) is 3. The quantitative estimate of drug-likeness (QED) is 0.841. The SMILES string of the molecule is CCCNC(Cc1ccsc1)C1CCOC2(CCCC2)C1. The number of ether oxygens (including phenoxy) is 1. The Hall–Kier alpha value is -0.380. The first-order valence-electron chi connectivity index (χ1n) is 8.70. The Labute approximate surface area is 133 Å². The molecule has 21 heavy (non-hydrogen) atoms. The lowest BCUT2D eigenvalue weighted by atomic mass is 9.79. The predicted octanol–water partition coefficient (Wildman–Crippen LogP) is 4.40. The Bertz CT molecular complexity index is 411.